The molecule has 8 heteroatoms. The third kappa shape index (κ3) is 5.08. The minimum Gasteiger partial charge on any atom is -0.455 e. The molecule has 0 aliphatic heterocycles. The Morgan fingerprint density at radius 1 is 1.41 bits per heavy atom. The summed E-state index contributed by atoms with van der Waals surface area (Å²) in [6.45, 7) is 2.05. The number of likely N-dealkylation sites (N-methyl/N-ethyl adjacent to an activating group) is 1. The zero-order chi connectivity index (χ0) is 16.1. The topological polar surface area (TPSA) is 59.5 Å². The van der Waals surface area contributed by atoms with E-state index in [-0.39, 0.29) is 18.9 Å². The number of halogens is 1. The van der Waals surface area contributed by atoms with Crippen LogP contribution in [0.3, 0.4) is 0 Å². The monoisotopic (exact) mass is 358 g/mol. The molecule has 0 aliphatic carbocycles. The van der Waals surface area contributed by atoms with Gasteiger partial charge in [0, 0.05) is 17.3 Å². The third-order valence-corrected chi connectivity index (χ3v) is 4.83. The molecule has 0 spiro atoms. The highest BCUT2D eigenvalue weighted by Crippen LogP contribution is 2.22. The number of thiophene rings is 1. The number of aryl methyl sites for hydroxylation is 1. The van der Waals surface area contributed by atoms with Crippen molar-refractivity contribution in [1.82, 2.24) is 9.88 Å². The summed E-state index contributed by atoms with van der Waals surface area (Å²) in [5, 5.41) is 2.71. The normalized spacial score (nSPS) is 10.5. The lowest BCUT2D eigenvalue weighted by Gasteiger charge is -2.16. The van der Waals surface area contributed by atoms with E-state index in [1.807, 2.05) is 18.4 Å². The summed E-state index contributed by atoms with van der Waals surface area (Å²) in [7, 11) is 1.66. The van der Waals surface area contributed by atoms with Gasteiger partial charge in [-0.1, -0.05) is 11.6 Å². The summed E-state index contributed by atoms with van der Waals surface area (Å²) in [5.41, 5.74) is 0.668. The SMILES string of the molecule is Cc1nc(CC(=O)OCC(=O)N(C)Cc2ccc(Cl)s2)cs1. The number of thiazole rings is 1. The number of hydrogen-bond acceptors (Lipinski definition) is 6. The standard InChI is InChI=1S/C14H15ClN2O3S2/c1-9-16-10(8-21-9)5-14(19)20-7-13(18)17(2)6-11-3-4-12(15)22-11/h3-4,8H,5-7H2,1-2H3. The van der Waals surface area contributed by atoms with Gasteiger partial charge in [-0.2, -0.15) is 0 Å². The van der Waals surface area contributed by atoms with Crippen LogP contribution in [0.2, 0.25) is 4.34 Å². The van der Waals surface area contributed by atoms with Gasteiger partial charge in [-0.15, -0.1) is 22.7 Å². The first-order valence-electron chi connectivity index (χ1n) is 6.49. The van der Waals surface area contributed by atoms with Gasteiger partial charge >= 0.3 is 5.97 Å². The van der Waals surface area contributed by atoms with Crippen LogP contribution in [0.15, 0.2) is 17.5 Å². The van der Waals surface area contributed by atoms with Crippen LogP contribution in [0.1, 0.15) is 15.6 Å². The van der Waals surface area contributed by atoms with Gasteiger partial charge in [0.2, 0.25) is 0 Å². The Labute approximate surface area is 141 Å². The Morgan fingerprint density at radius 3 is 2.77 bits per heavy atom. The molecule has 1 amide bonds. The van der Waals surface area contributed by atoms with Crippen molar-refractivity contribution in [3.8, 4) is 0 Å². The van der Waals surface area contributed by atoms with Gasteiger partial charge < -0.3 is 9.64 Å². The summed E-state index contributed by atoms with van der Waals surface area (Å²) < 4.78 is 5.67. The van der Waals surface area contributed by atoms with Crippen molar-refractivity contribution in [2.75, 3.05) is 13.7 Å². The van der Waals surface area contributed by atoms with Crippen LogP contribution >= 0.6 is 34.3 Å². The van der Waals surface area contributed by atoms with Gasteiger partial charge in [0.15, 0.2) is 6.61 Å². The minimum atomic E-state index is -0.453. The zero-order valence-corrected chi connectivity index (χ0v) is 14.6. The maximum absolute atomic E-state index is 11.9. The van der Waals surface area contributed by atoms with Crippen molar-refractivity contribution < 1.29 is 14.3 Å². The zero-order valence-electron chi connectivity index (χ0n) is 12.2. The molecule has 0 saturated carbocycles. The first kappa shape index (κ1) is 16.9. The molecule has 22 heavy (non-hydrogen) atoms. The molecule has 2 aromatic heterocycles. The second kappa shape index (κ2) is 7.71. The van der Waals surface area contributed by atoms with E-state index >= 15 is 0 Å². The van der Waals surface area contributed by atoms with Crippen molar-refractivity contribution in [3.05, 3.63) is 37.4 Å². The molecule has 0 bridgehead atoms. The second-order valence-corrected chi connectivity index (χ2v) is 7.51. The van der Waals surface area contributed by atoms with Gasteiger partial charge in [0.1, 0.15) is 0 Å². The Morgan fingerprint density at radius 2 is 2.18 bits per heavy atom. The number of rotatable bonds is 6. The maximum Gasteiger partial charge on any atom is 0.312 e. The second-order valence-electron chi connectivity index (χ2n) is 4.65. The molecule has 2 heterocycles. The van der Waals surface area contributed by atoms with Crippen LogP contribution < -0.4 is 0 Å². The molecule has 0 fully saturated rings. The van der Waals surface area contributed by atoms with Crippen LogP contribution in [0.5, 0.6) is 0 Å². The number of amides is 1. The molecular weight excluding hydrogens is 344 g/mol. The molecule has 0 atom stereocenters. The average molecular weight is 359 g/mol. The molecule has 0 unspecified atom stereocenters. The van der Waals surface area contributed by atoms with E-state index in [0.29, 0.717) is 16.6 Å². The largest absolute Gasteiger partial charge is 0.455 e. The fourth-order valence-electron chi connectivity index (χ4n) is 1.70. The highest BCUT2D eigenvalue weighted by molar-refractivity contribution is 7.16. The molecule has 5 nitrogen and oxygen atoms in total. The van der Waals surface area contributed by atoms with Gasteiger partial charge in [0.25, 0.3) is 5.91 Å². The highest BCUT2D eigenvalue weighted by Gasteiger charge is 2.14. The molecule has 0 saturated heterocycles. The van der Waals surface area contributed by atoms with Gasteiger partial charge in [-0.05, 0) is 19.1 Å². The predicted octanol–water partition coefficient (Wildman–Crippen LogP) is 2.91. The van der Waals surface area contributed by atoms with Crippen LogP contribution in [-0.2, 0) is 27.3 Å². The smallest absolute Gasteiger partial charge is 0.312 e. The fraction of sp³-hybridized carbons (Fsp3) is 0.357. The Kier molecular flexibility index (Phi) is 5.93. The summed E-state index contributed by atoms with van der Waals surface area (Å²) in [4.78, 5) is 30.3. The number of carbonyl (C=O) groups is 2. The number of aromatic nitrogens is 1. The Hall–Kier alpha value is -1.44. The van der Waals surface area contributed by atoms with Crippen molar-refractivity contribution >= 4 is 46.2 Å². The lowest BCUT2D eigenvalue weighted by atomic mass is 10.3. The van der Waals surface area contributed by atoms with Crippen molar-refractivity contribution in [2.24, 2.45) is 0 Å². The van der Waals surface area contributed by atoms with E-state index in [9.17, 15) is 9.59 Å². The lowest BCUT2D eigenvalue weighted by molar-refractivity contribution is -0.151. The fourth-order valence-corrected chi connectivity index (χ4v) is 3.45. The molecule has 0 aliphatic rings. The van der Waals surface area contributed by atoms with Crippen LogP contribution in [0.4, 0.5) is 0 Å². The molecule has 0 N–H and O–H groups in total. The predicted molar refractivity (Wildman–Crippen MR) is 87.3 cm³/mol. The first-order valence-corrected chi connectivity index (χ1v) is 8.56. The van der Waals surface area contributed by atoms with Crippen molar-refractivity contribution in [1.29, 1.82) is 0 Å². The lowest BCUT2D eigenvalue weighted by Crippen LogP contribution is -2.30. The van der Waals surface area contributed by atoms with E-state index < -0.39 is 5.97 Å². The quantitative estimate of drug-likeness (QED) is 0.745. The van der Waals surface area contributed by atoms with E-state index in [0.717, 1.165) is 9.88 Å². The molecular formula is C14H15ClN2O3S2. The molecule has 118 valence electrons. The number of carbonyl (C=O) groups excluding carboxylic acids is 2. The minimum absolute atomic E-state index is 0.0852. The molecule has 0 radical (unpaired) electrons. The maximum atomic E-state index is 11.9. The average Bonchev–Trinajstić information content (AvgIpc) is 3.05. The van der Waals surface area contributed by atoms with E-state index in [1.54, 1.807) is 13.1 Å². The summed E-state index contributed by atoms with van der Waals surface area (Å²) >= 11 is 8.74. The van der Waals surface area contributed by atoms with Gasteiger partial charge in [-0.3, -0.25) is 9.59 Å². The number of ether oxygens (including phenoxy) is 1. The third-order valence-electron chi connectivity index (χ3n) is 2.80. The van der Waals surface area contributed by atoms with Gasteiger partial charge in [0.05, 0.1) is 28.0 Å². The number of esters is 1. The van der Waals surface area contributed by atoms with E-state index in [1.165, 1.54) is 27.6 Å². The highest BCUT2D eigenvalue weighted by atomic mass is 35.5. The summed E-state index contributed by atoms with van der Waals surface area (Å²) in [6, 6.07) is 3.66. The first-order chi connectivity index (χ1) is 10.4. The van der Waals surface area contributed by atoms with Crippen molar-refractivity contribution in [2.45, 2.75) is 19.9 Å². The van der Waals surface area contributed by atoms with Gasteiger partial charge in [-0.25, -0.2) is 4.98 Å². The van der Waals surface area contributed by atoms with E-state index in [2.05, 4.69) is 4.98 Å². The van der Waals surface area contributed by atoms with Crippen molar-refractivity contribution in [3.63, 3.8) is 0 Å². The van der Waals surface area contributed by atoms with Crippen LogP contribution in [-0.4, -0.2) is 35.4 Å². The van der Waals surface area contributed by atoms with Crippen LogP contribution in [0, 0.1) is 6.92 Å². The Balaban J connectivity index is 1.75. The number of hydrogen-bond donors (Lipinski definition) is 0. The molecule has 2 aromatic rings. The molecule has 2 rings (SSSR count). The summed E-state index contributed by atoms with van der Waals surface area (Å²) in [6.07, 6.45) is 0.0852. The number of nitrogens with zero attached hydrogens (tertiary/aromatic N) is 2. The Bertz CT molecular complexity index is 669. The molecule has 0 aromatic carbocycles. The summed E-state index contributed by atoms with van der Waals surface area (Å²) in [5.74, 6) is -0.710. The van der Waals surface area contributed by atoms with E-state index in [4.69, 9.17) is 16.3 Å². The van der Waals surface area contributed by atoms with Crippen LogP contribution in [0.25, 0.3) is 0 Å².